The Balaban J connectivity index is 2.90. The van der Waals surface area contributed by atoms with E-state index in [9.17, 15) is 13.2 Å². The number of rotatable bonds is 4. The molecular formula is C11H17NO4S. The number of hydrogen-bond donors (Lipinski definition) is 1. The lowest BCUT2D eigenvalue weighted by molar-refractivity contribution is -0.120. The largest absolute Gasteiger partial charge is 0.465 e. The minimum absolute atomic E-state index is 0.0205. The molecule has 17 heavy (non-hydrogen) atoms. The lowest BCUT2D eigenvalue weighted by Gasteiger charge is -2.07. The van der Waals surface area contributed by atoms with Crippen molar-refractivity contribution < 1.29 is 17.6 Å². The number of nitrogens with one attached hydrogen (secondary N) is 1. The van der Waals surface area contributed by atoms with Gasteiger partial charge in [0.25, 0.3) is 10.0 Å². The summed E-state index contributed by atoms with van der Waals surface area (Å²) in [6.45, 7) is 6.90. The molecule has 1 rings (SSSR count). The second-order valence-corrected chi connectivity index (χ2v) is 6.05. The van der Waals surface area contributed by atoms with Crippen LogP contribution in [-0.2, 0) is 14.8 Å². The van der Waals surface area contributed by atoms with Crippen molar-refractivity contribution in [2.45, 2.75) is 39.0 Å². The lowest BCUT2D eigenvalue weighted by Crippen LogP contribution is -2.31. The van der Waals surface area contributed by atoms with E-state index in [2.05, 4.69) is 0 Å². The highest BCUT2D eigenvalue weighted by Crippen LogP contribution is 2.19. The van der Waals surface area contributed by atoms with Crippen LogP contribution in [0.1, 0.15) is 31.8 Å². The van der Waals surface area contributed by atoms with Gasteiger partial charge in [-0.2, -0.15) is 0 Å². The number of sulfonamides is 1. The Morgan fingerprint density at radius 3 is 2.41 bits per heavy atom. The molecule has 0 aromatic carbocycles. The molecule has 0 aliphatic heterocycles. The van der Waals surface area contributed by atoms with Crippen molar-refractivity contribution in [2.24, 2.45) is 5.92 Å². The van der Waals surface area contributed by atoms with Gasteiger partial charge in [0.1, 0.15) is 16.4 Å². The number of furan rings is 1. The first-order chi connectivity index (χ1) is 7.72. The van der Waals surface area contributed by atoms with E-state index in [0.717, 1.165) is 0 Å². The van der Waals surface area contributed by atoms with Gasteiger partial charge >= 0.3 is 0 Å². The molecule has 0 bridgehead atoms. The van der Waals surface area contributed by atoms with Crippen molar-refractivity contribution in [1.29, 1.82) is 0 Å². The molecule has 0 aliphatic rings. The van der Waals surface area contributed by atoms with Gasteiger partial charge in [0.15, 0.2) is 0 Å². The van der Waals surface area contributed by atoms with E-state index in [4.69, 9.17) is 4.42 Å². The summed E-state index contributed by atoms with van der Waals surface area (Å²) in [7, 11) is -3.81. The van der Waals surface area contributed by atoms with E-state index in [1.807, 2.05) is 18.6 Å². The summed E-state index contributed by atoms with van der Waals surface area (Å²) in [6, 6.07) is 1.40. The zero-order valence-corrected chi connectivity index (χ0v) is 11.2. The van der Waals surface area contributed by atoms with Crippen LogP contribution in [0.5, 0.6) is 0 Å². The third-order valence-electron chi connectivity index (χ3n) is 2.13. The first kappa shape index (κ1) is 13.8. The van der Waals surface area contributed by atoms with E-state index >= 15 is 0 Å². The zero-order valence-electron chi connectivity index (χ0n) is 10.4. The first-order valence-corrected chi connectivity index (χ1v) is 6.83. The summed E-state index contributed by atoms with van der Waals surface area (Å²) in [5, 5.41) is 0. The molecule has 0 fully saturated rings. The predicted octanol–water partition coefficient (Wildman–Crippen LogP) is 1.75. The minimum atomic E-state index is -3.81. The smallest absolute Gasteiger partial charge is 0.267 e. The summed E-state index contributed by atoms with van der Waals surface area (Å²) in [5.74, 6) is 0.391. The maximum absolute atomic E-state index is 11.9. The summed E-state index contributed by atoms with van der Waals surface area (Å²) >= 11 is 0. The highest BCUT2D eigenvalue weighted by atomic mass is 32.2. The minimum Gasteiger partial charge on any atom is -0.465 e. The standard InChI is InChI=1S/C11H17NO4S/c1-7(2)5-11(13)12-17(14,15)10-6-8(3)16-9(10)4/h6-7H,5H2,1-4H3,(H,12,13). The van der Waals surface area contributed by atoms with Crippen LogP contribution in [0.4, 0.5) is 0 Å². The van der Waals surface area contributed by atoms with Gasteiger partial charge in [-0.05, 0) is 19.8 Å². The van der Waals surface area contributed by atoms with Crippen molar-refractivity contribution in [3.8, 4) is 0 Å². The summed E-state index contributed by atoms with van der Waals surface area (Å²) in [5.41, 5.74) is 0. The van der Waals surface area contributed by atoms with Crippen molar-refractivity contribution >= 4 is 15.9 Å². The Kier molecular flexibility index (Phi) is 3.98. The molecular weight excluding hydrogens is 242 g/mol. The van der Waals surface area contributed by atoms with E-state index in [-0.39, 0.29) is 23.0 Å². The maximum Gasteiger partial charge on any atom is 0.267 e. The Morgan fingerprint density at radius 1 is 1.41 bits per heavy atom. The summed E-state index contributed by atoms with van der Waals surface area (Å²) in [6.07, 6.45) is 0.176. The maximum atomic E-state index is 11.9. The molecule has 0 radical (unpaired) electrons. The number of hydrogen-bond acceptors (Lipinski definition) is 4. The normalized spacial score (nSPS) is 11.8. The van der Waals surface area contributed by atoms with Gasteiger partial charge in [-0.1, -0.05) is 13.8 Å². The van der Waals surface area contributed by atoms with E-state index < -0.39 is 15.9 Å². The van der Waals surface area contributed by atoms with Crippen LogP contribution in [0.3, 0.4) is 0 Å². The fraction of sp³-hybridized carbons (Fsp3) is 0.545. The van der Waals surface area contributed by atoms with Gasteiger partial charge in [-0.3, -0.25) is 4.79 Å². The van der Waals surface area contributed by atoms with Crippen LogP contribution in [0, 0.1) is 19.8 Å². The quantitative estimate of drug-likeness (QED) is 0.893. The third kappa shape index (κ3) is 3.59. The van der Waals surface area contributed by atoms with Gasteiger partial charge in [-0.25, -0.2) is 13.1 Å². The van der Waals surface area contributed by atoms with Crippen LogP contribution >= 0.6 is 0 Å². The third-order valence-corrected chi connectivity index (χ3v) is 3.61. The highest BCUT2D eigenvalue weighted by molar-refractivity contribution is 7.90. The Labute approximate surface area is 101 Å². The topological polar surface area (TPSA) is 76.4 Å². The van der Waals surface area contributed by atoms with E-state index in [1.165, 1.54) is 6.07 Å². The molecule has 1 aromatic heterocycles. The monoisotopic (exact) mass is 259 g/mol. The van der Waals surface area contributed by atoms with Crippen molar-refractivity contribution in [1.82, 2.24) is 4.72 Å². The zero-order chi connectivity index (χ0) is 13.2. The van der Waals surface area contributed by atoms with Crippen LogP contribution in [0.15, 0.2) is 15.4 Å². The molecule has 1 heterocycles. The SMILES string of the molecule is Cc1cc(S(=O)(=O)NC(=O)CC(C)C)c(C)o1. The molecule has 5 nitrogen and oxygen atoms in total. The molecule has 96 valence electrons. The fourth-order valence-corrected chi connectivity index (χ4v) is 2.73. The van der Waals surface area contributed by atoms with Gasteiger partial charge in [0.05, 0.1) is 0 Å². The molecule has 0 saturated heterocycles. The predicted molar refractivity (Wildman–Crippen MR) is 63.0 cm³/mol. The Bertz CT molecular complexity index is 514. The van der Waals surface area contributed by atoms with E-state index in [0.29, 0.717) is 5.76 Å². The van der Waals surface area contributed by atoms with Gasteiger partial charge in [-0.15, -0.1) is 0 Å². The molecule has 1 aromatic rings. The van der Waals surface area contributed by atoms with Crippen molar-refractivity contribution in [3.05, 3.63) is 17.6 Å². The highest BCUT2D eigenvalue weighted by Gasteiger charge is 2.22. The first-order valence-electron chi connectivity index (χ1n) is 5.35. The molecule has 0 aliphatic carbocycles. The molecule has 0 saturated carbocycles. The molecule has 1 N–H and O–H groups in total. The lowest BCUT2D eigenvalue weighted by atomic mass is 10.1. The van der Waals surface area contributed by atoms with Gasteiger partial charge in [0.2, 0.25) is 5.91 Å². The average molecular weight is 259 g/mol. The van der Waals surface area contributed by atoms with Gasteiger partial charge < -0.3 is 4.42 Å². The number of amides is 1. The second-order valence-electron chi connectivity index (χ2n) is 4.40. The Morgan fingerprint density at radius 2 is 2.00 bits per heavy atom. The van der Waals surface area contributed by atoms with E-state index in [1.54, 1.807) is 13.8 Å². The van der Waals surface area contributed by atoms with Crippen LogP contribution in [0.2, 0.25) is 0 Å². The van der Waals surface area contributed by atoms with Crippen LogP contribution in [-0.4, -0.2) is 14.3 Å². The summed E-state index contributed by atoms with van der Waals surface area (Å²) < 4.78 is 30.9. The molecule has 6 heteroatoms. The molecule has 0 atom stereocenters. The number of carbonyl (C=O) groups excluding carboxylic acids is 1. The van der Waals surface area contributed by atoms with Gasteiger partial charge in [0, 0.05) is 12.5 Å². The van der Waals surface area contributed by atoms with Crippen molar-refractivity contribution in [3.63, 3.8) is 0 Å². The fourth-order valence-electron chi connectivity index (χ4n) is 1.49. The van der Waals surface area contributed by atoms with Crippen molar-refractivity contribution in [2.75, 3.05) is 0 Å². The average Bonchev–Trinajstić information content (AvgIpc) is 2.42. The molecule has 0 unspecified atom stereocenters. The summed E-state index contributed by atoms with van der Waals surface area (Å²) in [4.78, 5) is 11.5. The van der Waals surface area contributed by atoms with Crippen LogP contribution in [0.25, 0.3) is 0 Å². The molecule has 0 spiro atoms. The number of aryl methyl sites for hydroxylation is 2. The second kappa shape index (κ2) is 4.91. The molecule has 1 amide bonds. The van der Waals surface area contributed by atoms with Crippen LogP contribution < -0.4 is 4.72 Å². The number of carbonyl (C=O) groups is 1. The Hall–Kier alpha value is -1.30.